The lowest BCUT2D eigenvalue weighted by Gasteiger charge is -2.20. The SMILES string of the molecule is Nc1ccc(C(CS)NCCNC(CS)c2ccc(O)cc2)cc1. The van der Waals surface area contributed by atoms with Crippen LogP contribution in [0.5, 0.6) is 5.75 Å². The Morgan fingerprint density at radius 2 is 1.21 bits per heavy atom. The summed E-state index contributed by atoms with van der Waals surface area (Å²) in [6, 6.07) is 15.5. The molecule has 5 N–H and O–H groups in total. The molecule has 2 aromatic rings. The largest absolute Gasteiger partial charge is 0.508 e. The molecule has 2 atom stereocenters. The van der Waals surface area contributed by atoms with Gasteiger partial charge in [-0.15, -0.1) is 0 Å². The molecule has 0 amide bonds. The minimum absolute atomic E-state index is 0.154. The van der Waals surface area contributed by atoms with Crippen molar-refractivity contribution < 1.29 is 5.11 Å². The molecular formula is C18H25N3OS2. The first kappa shape index (κ1) is 19.0. The van der Waals surface area contributed by atoms with Crippen LogP contribution < -0.4 is 16.4 Å². The number of hydrogen-bond donors (Lipinski definition) is 6. The van der Waals surface area contributed by atoms with Gasteiger partial charge in [0, 0.05) is 42.4 Å². The topological polar surface area (TPSA) is 70.3 Å². The molecule has 2 aromatic carbocycles. The molecule has 2 rings (SSSR count). The molecule has 0 aliphatic heterocycles. The monoisotopic (exact) mass is 363 g/mol. The van der Waals surface area contributed by atoms with Gasteiger partial charge >= 0.3 is 0 Å². The van der Waals surface area contributed by atoms with E-state index in [1.807, 2.05) is 36.4 Å². The van der Waals surface area contributed by atoms with Crippen LogP contribution in [-0.4, -0.2) is 29.7 Å². The average molecular weight is 364 g/mol. The van der Waals surface area contributed by atoms with Gasteiger partial charge in [0.05, 0.1) is 0 Å². The fraction of sp³-hybridized carbons (Fsp3) is 0.333. The van der Waals surface area contributed by atoms with Crippen LogP contribution in [0.25, 0.3) is 0 Å². The highest BCUT2D eigenvalue weighted by atomic mass is 32.1. The summed E-state index contributed by atoms with van der Waals surface area (Å²) in [6.07, 6.45) is 0. The summed E-state index contributed by atoms with van der Waals surface area (Å²) >= 11 is 8.84. The van der Waals surface area contributed by atoms with E-state index in [0.717, 1.165) is 30.1 Å². The molecule has 6 heteroatoms. The molecular weight excluding hydrogens is 338 g/mol. The zero-order valence-corrected chi connectivity index (χ0v) is 15.3. The first-order valence-corrected chi connectivity index (χ1v) is 9.23. The summed E-state index contributed by atoms with van der Waals surface area (Å²) in [7, 11) is 0. The van der Waals surface area contributed by atoms with Crippen LogP contribution in [0.4, 0.5) is 5.69 Å². The third-order valence-corrected chi connectivity index (χ3v) is 4.64. The van der Waals surface area contributed by atoms with E-state index < -0.39 is 0 Å². The fourth-order valence-electron chi connectivity index (χ4n) is 2.50. The van der Waals surface area contributed by atoms with E-state index in [1.165, 1.54) is 5.56 Å². The molecule has 0 bridgehead atoms. The molecule has 0 heterocycles. The lowest BCUT2D eigenvalue weighted by molar-refractivity contribution is 0.474. The summed E-state index contributed by atoms with van der Waals surface area (Å²) < 4.78 is 0. The van der Waals surface area contributed by atoms with Crippen LogP contribution in [-0.2, 0) is 0 Å². The van der Waals surface area contributed by atoms with Gasteiger partial charge in [-0.2, -0.15) is 25.3 Å². The number of nitrogens with one attached hydrogen (secondary N) is 2. The van der Waals surface area contributed by atoms with Crippen molar-refractivity contribution in [3.8, 4) is 5.75 Å². The minimum Gasteiger partial charge on any atom is -0.508 e. The number of aromatic hydroxyl groups is 1. The van der Waals surface area contributed by atoms with Crippen molar-refractivity contribution in [2.24, 2.45) is 0 Å². The number of nitrogen functional groups attached to an aromatic ring is 1. The highest BCUT2D eigenvalue weighted by molar-refractivity contribution is 7.80. The van der Waals surface area contributed by atoms with Gasteiger partial charge in [0.25, 0.3) is 0 Å². The lowest BCUT2D eigenvalue weighted by Crippen LogP contribution is -2.33. The maximum absolute atomic E-state index is 9.37. The van der Waals surface area contributed by atoms with Gasteiger partial charge in [-0.3, -0.25) is 0 Å². The number of phenols is 1. The number of benzene rings is 2. The Morgan fingerprint density at radius 3 is 1.62 bits per heavy atom. The molecule has 0 aromatic heterocycles. The fourth-order valence-corrected chi connectivity index (χ4v) is 3.18. The van der Waals surface area contributed by atoms with Crippen molar-refractivity contribution in [3.05, 3.63) is 59.7 Å². The molecule has 0 spiro atoms. The third kappa shape index (κ3) is 5.63. The van der Waals surface area contributed by atoms with E-state index in [-0.39, 0.29) is 17.8 Å². The second-order valence-electron chi connectivity index (χ2n) is 5.64. The Balaban J connectivity index is 1.81. The van der Waals surface area contributed by atoms with E-state index in [0.29, 0.717) is 5.75 Å². The Kier molecular flexibility index (Phi) is 7.78. The van der Waals surface area contributed by atoms with Crippen LogP contribution in [0.2, 0.25) is 0 Å². The van der Waals surface area contributed by atoms with Gasteiger partial charge < -0.3 is 21.5 Å². The van der Waals surface area contributed by atoms with E-state index in [1.54, 1.807) is 12.1 Å². The van der Waals surface area contributed by atoms with Crippen LogP contribution >= 0.6 is 25.3 Å². The van der Waals surface area contributed by atoms with Crippen LogP contribution in [0.15, 0.2) is 48.5 Å². The maximum atomic E-state index is 9.37. The molecule has 0 aliphatic carbocycles. The molecule has 0 saturated carbocycles. The zero-order valence-electron chi connectivity index (χ0n) is 13.5. The van der Waals surface area contributed by atoms with E-state index in [2.05, 4.69) is 35.9 Å². The Bertz CT molecular complexity index is 549. The number of nitrogens with two attached hydrogens (primary N) is 1. The van der Waals surface area contributed by atoms with Gasteiger partial charge in [-0.1, -0.05) is 24.3 Å². The Labute approximate surface area is 154 Å². The predicted molar refractivity (Wildman–Crippen MR) is 108 cm³/mol. The second kappa shape index (κ2) is 9.84. The van der Waals surface area contributed by atoms with Crippen LogP contribution in [0, 0.1) is 0 Å². The van der Waals surface area contributed by atoms with Crippen LogP contribution in [0.3, 0.4) is 0 Å². The first-order chi connectivity index (χ1) is 11.6. The van der Waals surface area contributed by atoms with E-state index in [4.69, 9.17) is 5.73 Å². The standard InChI is InChI=1S/C18H25N3OS2/c19-15-5-1-13(2-6-15)17(11-23)20-9-10-21-18(12-24)14-3-7-16(22)8-4-14/h1-8,17-18,20-24H,9-12,19H2. The van der Waals surface area contributed by atoms with Crippen molar-refractivity contribution in [2.45, 2.75) is 12.1 Å². The van der Waals surface area contributed by atoms with Crippen molar-refractivity contribution >= 4 is 30.9 Å². The van der Waals surface area contributed by atoms with Crippen molar-refractivity contribution in [3.63, 3.8) is 0 Å². The summed E-state index contributed by atoms with van der Waals surface area (Å²) in [5.41, 5.74) is 8.80. The molecule has 0 fully saturated rings. The van der Waals surface area contributed by atoms with Gasteiger partial charge in [-0.25, -0.2) is 0 Å². The third-order valence-electron chi connectivity index (χ3n) is 3.91. The molecule has 2 unspecified atom stereocenters. The summed E-state index contributed by atoms with van der Waals surface area (Å²) in [5.74, 6) is 1.69. The molecule has 130 valence electrons. The summed E-state index contributed by atoms with van der Waals surface area (Å²) in [4.78, 5) is 0. The van der Waals surface area contributed by atoms with E-state index in [9.17, 15) is 5.11 Å². The lowest BCUT2D eigenvalue weighted by atomic mass is 10.1. The summed E-state index contributed by atoms with van der Waals surface area (Å²) in [6.45, 7) is 1.63. The highest BCUT2D eigenvalue weighted by Crippen LogP contribution is 2.18. The quantitative estimate of drug-likeness (QED) is 0.235. The zero-order chi connectivity index (χ0) is 17.4. The van der Waals surface area contributed by atoms with Gasteiger partial charge in [-0.05, 0) is 35.4 Å². The Morgan fingerprint density at radius 1 is 0.792 bits per heavy atom. The van der Waals surface area contributed by atoms with Crippen LogP contribution in [0.1, 0.15) is 23.2 Å². The van der Waals surface area contributed by atoms with Gasteiger partial charge in [0.15, 0.2) is 0 Å². The van der Waals surface area contributed by atoms with Crippen molar-refractivity contribution in [1.82, 2.24) is 10.6 Å². The number of anilines is 1. The van der Waals surface area contributed by atoms with Crippen molar-refractivity contribution in [1.29, 1.82) is 0 Å². The highest BCUT2D eigenvalue weighted by Gasteiger charge is 2.11. The first-order valence-electron chi connectivity index (χ1n) is 7.97. The Hall–Kier alpha value is -1.34. The molecule has 24 heavy (non-hydrogen) atoms. The average Bonchev–Trinajstić information content (AvgIpc) is 2.60. The minimum atomic E-state index is 0.154. The molecule has 0 radical (unpaired) electrons. The van der Waals surface area contributed by atoms with Gasteiger partial charge in [0.1, 0.15) is 5.75 Å². The number of phenolic OH excluding ortho intramolecular Hbond substituents is 1. The predicted octanol–water partition coefficient (Wildman–Crippen LogP) is 2.80. The number of hydrogen-bond acceptors (Lipinski definition) is 6. The smallest absolute Gasteiger partial charge is 0.115 e. The normalized spacial score (nSPS) is 13.6. The number of thiol groups is 2. The summed E-state index contributed by atoms with van der Waals surface area (Å²) in [5, 5.41) is 16.4. The van der Waals surface area contributed by atoms with Gasteiger partial charge in [0.2, 0.25) is 0 Å². The molecule has 0 aliphatic rings. The maximum Gasteiger partial charge on any atom is 0.115 e. The second-order valence-corrected chi connectivity index (χ2v) is 6.37. The molecule has 4 nitrogen and oxygen atoms in total. The molecule has 0 saturated heterocycles. The number of rotatable bonds is 9. The van der Waals surface area contributed by atoms with E-state index >= 15 is 0 Å². The van der Waals surface area contributed by atoms with Crippen molar-refractivity contribution in [2.75, 3.05) is 30.3 Å².